The van der Waals surface area contributed by atoms with Gasteiger partial charge >= 0.3 is 5.97 Å². The van der Waals surface area contributed by atoms with Crippen LogP contribution in [0.3, 0.4) is 0 Å². The Kier molecular flexibility index (Phi) is 3.78. The molecule has 0 bridgehead atoms. The third-order valence-electron chi connectivity index (χ3n) is 4.09. The van der Waals surface area contributed by atoms with E-state index in [1.807, 2.05) is 48.5 Å². The van der Waals surface area contributed by atoms with Crippen molar-refractivity contribution in [2.24, 2.45) is 0 Å². The van der Waals surface area contributed by atoms with Gasteiger partial charge in [0.25, 0.3) is 0 Å². The number of hydrogen-bond donors (Lipinski definition) is 0. The molecule has 4 rings (SSSR count). The number of esters is 1. The Bertz CT molecular complexity index is 1020. The molecule has 1 aromatic heterocycles. The summed E-state index contributed by atoms with van der Waals surface area (Å²) < 4.78 is 10.7. The summed E-state index contributed by atoms with van der Waals surface area (Å²) in [5.41, 5.74) is 2.30. The lowest BCUT2D eigenvalue weighted by Gasteiger charge is -2.06. The minimum absolute atomic E-state index is 0.346. The van der Waals surface area contributed by atoms with Gasteiger partial charge in [-0.05, 0) is 58.8 Å². The third-order valence-corrected chi connectivity index (χ3v) is 4.09. The number of pyridine rings is 1. The van der Waals surface area contributed by atoms with Crippen molar-refractivity contribution < 1.29 is 14.3 Å². The Morgan fingerprint density at radius 1 is 1.00 bits per heavy atom. The van der Waals surface area contributed by atoms with Crippen LogP contribution in [0.2, 0.25) is 0 Å². The highest BCUT2D eigenvalue weighted by molar-refractivity contribution is 6.05. The molecule has 0 atom stereocenters. The first-order chi connectivity index (χ1) is 12.2. The largest absolute Gasteiger partial charge is 0.497 e. The van der Waals surface area contributed by atoms with Gasteiger partial charge in [0.15, 0.2) is 0 Å². The fourth-order valence-electron chi connectivity index (χ4n) is 2.77. The summed E-state index contributed by atoms with van der Waals surface area (Å²) in [5.74, 6) is 1.03. The molecule has 4 heteroatoms. The number of cyclic esters (lactones) is 1. The number of rotatable bonds is 3. The predicted molar refractivity (Wildman–Crippen MR) is 96.8 cm³/mol. The van der Waals surface area contributed by atoms with Crippen molar-refractivity contribution >= 4 is 28.6 Å². The van der Waals surface area contributed by atoms with Crippen molar-refractivity contribution in [3.8, 4) is 5.75 Å². The maximum atomic E-state index is 12.1. The summed E-state index contributed by atoms with van der Waals surface area (Å²) in [7, 11) is 1.65. The highest BCUT2D eigenvalue weighted by atomic mass is 16.5. The molecule has 0 amide bonds. The molecule has 25 heavy (non-hydrogen) atoms. The van der Waals surface area contributed by atoms with Crippen LogP contribution >= 0.6 is 0 Å². The summed E-state index contributed by atoms with van der Waals surface area (Å²) in [6.07, 6.45) is 6.94. The van der Waals surface area contributed by atoms with Crippen LogP contribution in [-0.4, -0.2) is 18.1 Å². The molecule has 4 nitrogen and oxygen atoms in total. The summed E-state index contributed by atoms with van der Waals surface area (Å²) in [4.78, 5) is 16.1. The number of carbonyl (C=O) groups is 1. The van der Waals surface area contributed by atoms with Gasteiger partial charge in [0.05, 0.1) is 12.7 Å². The second kappa shape index (κ2) is 6.24. The maximum absolute atomic E-state index is 12.1. The summed E-state index contributed by atoms with van der Waals surface area (Å²) >= 11 is 0. The number of carbonyl (C=O) groups excluding carboxylic acids is 1. The van der Waals surface area contributed by atoms with Crippen LogP contribution in [0, 0.1) is 0 Å². The maximum Gasteiger partial charge on any atom is 0.343 e. The van der Waals surface area contributed by atoms with Crippen LogP contribution < -0.4 is 4.74 Å². The third kappa shape index (κ3) is 3.02. The number of benzene rings is 2. The lowest BCUT2D eigenvalue weighted by molar-refractivity contribution is -0.130. The molecule has 0 radical (unpaired) electrons. The van der Waals surface area contributed by atoms with Crippen LogP contribution in [0.25, 0.3) is 22.6 Å². The average molecular weight is 329 g/mol. The first-order valence-corrected chi connectivity index (χ1v) is 7.87. The molecule has 1 aliphatic heterocycles. The highest BCUT2D eigenvalue weighted by Gasteiger charge is 2.22. The number of nitrogens with zero attached hydrogens (tertiary/aromatic N) is 1. The van der Waals surface area contributed by atoms with E-state index in [0.29, 0.717) is 11.3 Å². The van der Waals surface area contributed by atoms with Gasteiger partial charge in [-0.3, -0.25) is 4.98 Å². The van der Waals surface area contributed by atoms with E-state index in [2.05, 4.69) is 4.98 Å². The molecule has 0 spiro atoms. The smallest absolute Gasteiger partial charge is 0.343 e. The zero-order chi connectivity index (χ0) is 17.2. The van der Waals surface area contributed by atoms with E-state index in [1.165, 1.54) is 0 Å². The normalized spacial score (nSPS) is 15.3. The van der Waals surface area contributed by atoms with Gasteiger partial charge in [0, 0.05) is 18.0 Å². The zero-order valence-corrected chi connectivity index (χ0v) is 13.6. The average Bonchev–Trinajstić information content (AvgIpc) is 3.02. The van der Waals surface area contributed by atoms with Crippen molar-refractivity contribution in [3.05, 3.63) is 83.7 Å². The summed E-state index contributed by atoms with van der Waals surface area (Å²) in [6, 6.07) is 15.5. The Hall–Kier alpha value is -3.40. The Morgan fingerprint density at radius 3 is 2.56 bits per heavy atom. The van der Waals surface area contributed by atoms with Crippen molar-refractivity contribution in [1.82, 2.24) is 4.98 Å². The van der Waals surface area contributed by atoms with Gasteiger partial charge in [-0.2, -0.15) is 0 Å². The van der Waals surface area contributed by atoms with Crippen molar-refractivity contribution in [2.75, 3.05) is 7.11 Å². The summed E-state index contributed by atoms with van der Waals surface area (Å²) in [5, 5.41) is 2.13. The predicted octanol–water partition coefficient (Wildman–Crippen LogP) is 4.22. The zero-order valence-electron chi connectivity index (χ0n) is 13.6. The first kappa shape index (κ1) is 15.1. The number of aromatic nitrogens is 1. The molecule has 0 unspecified atom stereocenters. The molecule has 0 fully saturated rings. The van der Waals surface area contributed by atoms with Crippen molar-refractivity contribution in [3.63, 3.8) is 0 Å². The molecule has 0 saturated heterocycles. The molecular weight excluding hydrogens is 314 g/mol. The fourth-order valence-corrected chi connectivity index (χ4v) is 2.77. The fraction of sp³-hybridized carbons (Fsp3) is 0.0476. The van der Waals surface area contributed by atoms with E-state index < -0.39 is 0 Å². The van der Waals surface area contributed by atoms with Gasteiger partial charge in [-0.15, -0.1) is 0 Å². The molecule has 0 N–H and O–H groups in total. The van der Waals surface area contributed by atoms with E-state index in [4.69, 9.17) is 9.47 Å². The molecule has 1 aliphatic rings. The second-order valence-electron chi connectivity index (χ2n) is 5.71. The SMILES string of the molecule is COc1ccc2cc(C3=C/C(=C/c4ccncc4)C(=O)O3)ccc2c1. The topological polar surface area (TPSA) is 48.4 Å². The molecule has 3 aromatic rings. The molecule has 2 heterocycles. The van der Waals surface area contributed by atoms with Gasteiger partial charge in [0.1, 0.15) is 11.5 Å². The van der Waals surface area contributed by atoms with Crippen LogP contribution in [0.4, 0.5) is 0 Å². The minimum atomic E-state index is -0.346. The van der Waals surface area contributed by atoms with Gasteiger partial charge in [0.2, 0.25) is 0 Å². The molecule has 0 saturated carbocycles. The number of ether oxygens (including phenoxy) is 2. The van der Waals surface area contributed by atoms with E-state index in [0.717, 1.165) is 27.6 Å². The second-order valence-corrected chi connectivity index (χ2v) is 5.71. The van der Waals surface area contributed by atoms with Crippen LogP contribution in [0.1, 0.15) is 11.1 Å². The quantitative estimate of drug-likeness (QED) is 0.533. The van der Waals surface area contributed by atoms with Gasteiger partial charge < -0.3 is 9.47 Å². The Morgan fingerprint density at radius 2 is 1.76 bits per heavy atom. The molecule has 2 aromatic carbocycles. The first-order valence-electron chi connectivity index (χ1n) is 7.87. The molecule has 0 aliphatic carbocycles. The Labute approximate surface area is 145 Å². The van der Waals surface area contributed by atoms with Crippen LogP contribution in [-0.2, 0) is 9.53 Å². The summed E-state index contributed by atoms with van der Waals surface area (Å²) in [6.45, 7) is 0. The van der Waals surface area contributed by atoms with Crippen molar-refractivity contribution in [1.29, 1.82) is 0 Å². The number of fused-ring (bicyclic) bond motifs is 1. The lowest BCUT2D eigenvalue weighted by atomic mass is 10.0. The van der Waals surface area contributed by atoms with Gasteiger partial charge in [-0.1, -0.05) is 18.2 Å². The lowest BCUT2D eigenvalue weighted by Crippen LogP contribution is -1.97. The van der Waals surface area contributed by atoms with Crippen LogP contribution in [0.5, 0.6) is 5.75 Å². The molecule has 122 valence electrons. The van der Waals surface area contributed by atoms with E-state index in [-0.39, 0.29) is 5.97 Å². The number of hydrogen-bond acceptors (Lipinski definition) is 4. The van der Waals surface area contributed by atoms with E-state index in [1.54, 1.807) is 31.7 Å². The van der Waals surface area contributed by atoms with Crippen LogP contribution in [0.15, 0.2) is 72.6 Å². The Balaban J connectivity index is 1.70. The van der Waals surface area contributed by atoms with E-state index in [9.17, 15) is 4.79 Å². The minimum Gasteiger partial charge on any atom is -0.497 e. The van der Waals surface area contributed by atoms with Crippen molar-refractivity contribution in [2.45, 2.75) is 0 Å². The highest BCUT2D eigenvalue weighted by Crippen LogP contribution is 2.30. The number of methoxy groups -OCH3 is 1. The van der Waals surface area contributed by atoms with E-state index >= 15 is 0 Å². The molecular formula is C21H15NO3. The van der Waals surface area contributed by atoms with Gasteiger partial charge in [-0.25, -0.2) is 4.79 Å². The standard InChI is InChI=1S/C21H15NO3/c1-24-19-5-4-15-11-17(3-2-16(15)12-19)20-13-18(21(23)25-20)10-14-6-8-22-9-7-14/h2-13H,1H3/b18-10-. The monoisotopic (exact) mass is 329 g/mol.